The van der Waals surface area contributed by atoms with Crippen LogP contribution in [0.15, 0.2) is 24.3 Å². The van der Waals surface area contributed by atoms with Gasteiger partial charge in [-0.1, -0.05) is 23.2 Å². The highest BCUT2D eigenvalue weighted by Gasteiger charge is 2.15. The summed E-state index contributed by atoms with van der Waals surface area (Å²) in [5.41, 5.74) is 6.73. The van der Waals surface area contributed by atoms with Gasteiger partial charge in [0.05, 0.1) is 10.7 Å². The van der Waals surface area contributed by atoms with E-state index in [-0.39, 0.29) is 5.69 Å². The predicted octanol–water partition coefficient (Wildman–Crippen LogP) is 3.40. The summed E-state index contributed by atoms with van der Waals surface area (Å²) in [6.07, 6.45) is 0. The van der Waals surface area contributed by atoms with E-state index in [1.807, 2.05) is 18.7 Å². The second-order valence-electron chi connectivity index (χ2n) is 4.60. The monoisotopic (exact) mass is 338 g/mol. The topological polar surface area (TPSA) is 72.1 Å². The largest absolute Gasteiger partial charge is 0.364 e. The van der Waals surface area contributed by atoms with Crippen LogP contribution in [0, 0.1) is 0 Å². The van der Waals surface area contributed by atoms with E-state index in [4.69, 9.17) is 28.9 Å². The number of aromatic nitrogens is 2. The maximum atomic E-state index is 11.5. The molecule has 116 valence electrons. The van der Waals surface area contributed by atoms with E-state index < -0.39 is 5.91 Å². The maximum Gasteiger partial charge on any atom is 0.267 e. The molecule has 0 bridgehead atoms. The van der Waals surface area contributed by atoms with Crippen LogP contribution in [-0.2, 0) is 0 Å². The molecule has 0 radical (unpaired) electrons. The number of rotatable bonds is 5. The van der Waals surface area contributed by atoms with E-state index in [0.717, 1.165) is 0 Å². The Bertz CT molecular complexity index is 702. The summed E-state index contributed by atoms with van der Waals surface area (Å²) < 4.78 is 0. The second-order valence-corrected chi connectivity index (χ2v) is 5.44. The van der Waals surface area contributed by atoms with Crippen molar-refractivity contribution in [2.24, 2.45) is 5.73 Å². The van der Waals surface area contributed by atoms with Crippen molar-refractivity contribution in [3.8, 4) is 11.3 Å². The van der Waals surface area contributed by atoms with Crippen molar-refractivity contribution in [3.63, 3.8) is 0 Å². The smallest absolute Gasteiger partial charge is 0.267 e. The van der Waals surface area contributed by atoms with Crippen LogP contribution in [0.4, 0.5) is 5.95 Å². The fourth-order valence-electron chi connectivity index (χ4n) is 2.04. The average Bonchev–Trinajstić information content (AvgIpc) is 2.48. The standard InChI is InChI=1S/C15H16Cl2N4O/c1-3-21(4-2)15-19-12(8-13(20-15)14(18)22)10-6-5-9(16)7-11(10)17/h5-8H,3-4H2,1-2H3,(H2,18,22). The van der Waals surface area contributed by atoms with Crippen LogP contribution in [0.5, 0.6) is 0 Å². The first-order valence-electron chi connectivity index (χ1n) is 6.85. The quantitative estimate of drug-likeness (QED) is 0.906. The molecule has 0 spiro atoms. The molecule has 0 aliphatic heterocycles. The van der Waals surface area contributed by atoms with Gasteiger partial charge < -0.3 is 10.6 Å². The second kappa shape index (κ2) is 6.94. The van der Waals surface area contributed by atoms with Crippen molar-refractivity contribution in [2.75, 3.05) is 18.0 Å². The Morgan fingerprint density at radius 1 is 1.18 bits per heavy atom. The summed E-state index contributed by atoms with van der Waals surface area (Å²) in [6, 6.07) is 6.63. The zero-order valence-corrected chi connectivity index (χ0v) is 13.8. The van der Waals surface area contributed by atoms with Crippen molar-refractivity contribution in [3.05, 3.63) is 40.0 Å². The highest BCUT2D eigenvalue weighted by molar-refractivity contribution is 6.36. The third kappa shape index (κ3) is 3.48. The van der Waals surface area contributed by atoms with Crippen molar-refractivity contribution in [2.45, 2.75) is 13.8 Å². The lowest BCUT2D eigenvalue weighted by Crippen LogP contribution is -2.26. The minimum atomic E-state index is -0.609. The predicted molar refractivity (Wildman–Crippen MR) is 89.6 cm³/mol. The van der Waals surface area contributed by atoms with Crippen molar-refractivity contribution >= 4 is 35.1 Å². The molecule has 7 heteroatoms. The Balaban J connectivity index is 2.62. The van der Waals surface area contributed by atoms with Crippen LogP contribution in [0.25, 0.3) is 11.3 Å². The summed E-state index contributed by atoms with van der Waals surface area (Å²) in [4.78, 5) is 22.2. The summed E-state index contributed by atoms with van der Waals surface area (Å²) >= 11 is 12.1. The first-order valence-corrected chi connectivity index (χ1v) is 7.61. The number of hydrogen-bond acceptors (Lipinski definition) is 4. The summed E-state index contributed by atoms with van der Waals surface area (Å²) in [7, 11) is 0. The van der Waals surface area contributed by atoms with Crippen LogP contribution >= 0.6 is 23.2 Å². The fourth-order valence-corrected chi connectivity index (χ4v) is 2.55. The van der Waals surface area contributed by atoms with Gasteiger partial charge in [0.15, 0.2) is 0 Å². The van der Waals surface area contributed by atoms with E-state index in [9.17, 15) is 4.79 Å². The molecule has 0 saturated carbocycles. The Morgan fingerprint density at radius 3 is 2.41 bits per heavy atom. The number of carbonyl (C=O) groups is 1. The third-order valence-electron chi connectivity index (χ3n) is 3.22. The Hall–Kier alpha value is -1.85. The van der Waals surface area contributed by atoms with Crippen LogP contribution in [0.3, 0.4) is 0 Å². The van der Waals surface area contributed by atoms with E-state index in [1.54, 1.807) is 18.2 Å². The molecule has 1 amide bonds. The highest BCUT2D eigenvalue weighted by atomic mass is 35.5. The van der Waals surface area contributed by atoms with Gasteiger partial charge in [-0.05, 0) is 38.1 Å². The first-order chi connectivity index (χ1) is 10.5. The number of halogens is 2. The number of primary amides is 1. The molecule has 0 saturated heterocycles. The first kappa shape index (κ1) is 16.5. The Kier molecular flexibility index (Phi) is 5.21. The molecule has 0 atom stereocenters. The number of anilines is 1. The van der Waals surface area contributed by atoms with Gasteiger partial charge in [0.1, 0.15) is 5.69 Å². The van der Waals surface area contributed by atoms with Gasteiger partial charge in [0.2, 0.25) is 5.95 Å². The zero-order chi connectivity index (χ0) is 16.3. The van der Waals surface area contributed by atoms with Crippen LogP contribution in [0.1, 0.15) is 24.3 Å². The SMILES string of the molecule is CCN(CC)c1nc(C(N)=O)cc(-c2ccc(Cl)cc2Cl)n1. The lowest BCUT2D eigenvalue weighted by molar-refractivity contribution is 0.0995. The molecule has 2 aromatic rings. The van der Waals surface area contributed by atoms with Gasteiger partial charge in [-0.25, -0.2) is 9.97 Å². The van der Waals surface area contributed by atoms with Gasteiger partial charge in [0, 0.05) is 23.7 Å². The van der Waals surface area contributed by atoms with E-state index in [0.29, 0.717) is 40.3 Å². The maximum absolute atomic E-state index is 11.5. The molecule has 1 aromatic carbocycles. The van der Waals surface area contributed by atoms with Gasteiger partial charge in [-0.3, -0.25) is 4.79 Å². The molecule has 0 fully saturated rings. The molecular weight excluding hydrogens is 323 g/mol. The summed E-state index contributed by atoms with van der Waals surface area (Å²) in [5, 5.41) is 0.981. The van der Waals surface area contributed by atoms with E-state index in [2.05, 4.69) is 9.97 Å². The van der Waals surface area contributed by atoms with Gasteiger partial charge in [0.25, 0.3) is 5.91 Å². The number of hydrogen-bond donors (Lipinski definition) is 1. The molecule has 1 heterocycles. The molecule has 1 aromatic heterocycles. The third-order valence-corrected chi connectivity index (χ3v) is 3.77. The minimum Gasteiger partial charge on any atom is -0.364 e. The van der Waals surface area contributed by atoms with Crippen LogP contribution in [-0.4, -0.2) is 29.0 Å². The lowest BCUT2D eigenvalue weighted by Gasteiger charge is -2.19. The highest BCUT2D eigenvalue weighted by Crippen LogP contribution is 2.30. The van der Waals surface area contributed by atoms with Gasteiger partial charge in [-0.2, -0.15) is 0 Å². The van der Waals surface area contributed by atoms with Gasteiger partial charge in [-0.15, -0.1) is 0 Å². The average molecular weight is 339 g/mol. The molecule has 0 unspecified atom stereocenters. The minimum absolute atomic E-state index is 0.151. The molecule has 22 heavy (non-hydrogen) atoms. The van der Waals surface area contributed by atoms with Crippen molar-refractivity contribution in [1.82, 2.24) is 9.97 Å². The Morgan fingerprint density at radius 2 is 1.86 bits per heavy atom. The Labute approximate surface area is 139 Å². The zero-order valence-electron chi connectivity index (χ0n) is 12.3. The molecule has 0 aliphatic carbocycles. The number of amides is 1. The lowest BCUT2D eigenvalue weighted by atomic mass is 10.1. The molecule has 0 aliphatic rings. The van der Waals surface area contributed by atoms with Crippen LogP contribution in [0.2, 0.25) is 10.0 Å². The number of nitrogens with zero attached hydrogens (tertiary/aromatic N) is 3. The van der Waals surface area contributed by atoms with Gasteiger partial charge >= 0.3 is 0 Å². The summed E-state index contributed by atoms with van der Waals surface area (Å²) in [5.74, 6) is -0.163. The number of carbonyl (C=O) groups excluding carboxylic acids is 1. The molecule has 2 rings (SSSR count). The molecular formula is C15H16Cl2N4O. The van der Waals surface area contributed by atoms with E-state index in [1.165, 1.54) is 6.07 Å². The normalized spacial score (nSPS) is 10.5. The number of nitrogens with two attached hydrogens (primary N) is 1. The van der Waals surface area contributed by atoms with E-state index >= 15 is 0 Å². The fraction of sp³-hybridized carbons (Fsp3) is 0.267. The van der Waals surface area contributed by atoms with Crippen molar-refractivity contribution < 1.29 is 4.79 Å². The summed E-state index contributed by atoms with van der Waals surface area (Å²) in [6.45, 7) is 5.40. The number of benzene rings is 1. The van der Waals surface area contributed by atoms with Crippen molar-refractivity contribution in [1.29, 1.82) is 0 Å². The molecule has 5 nitrogen and oxygen atoms in total. The molecule has 2 N–H and O–H groups in total. The van der Waals surface area contributed by atoms with Crippen LogP contribution < -0.4 is 10.6 Å².